The lowest BCUT2D eigenvalue weighted by atomic mass is 10.1. The van der Waals surface area contributed by atoms with Crippen LogP contribution in [0.3, 0.4) is 0 Å². The van der Waals surface area contributed by atoms with Gasteiger partial charge >= 0.3 is 0 Å². The molecule has 2 aromatic rings. The molecule has 32 heavy (non-hydrogen) atoms. The molecule has 1 heterocycles. The lowest BCUT2D eigenvalue weighted by molar-refractivity contribution is -0.123. The van der Waals surface area contributed by atoms with Crippen molar-refractivity contribution in [3.05, 3.63) is 40.9 Å². The highest BCUT2D eigenvalue weighted by molar-refractivity contribution is 7.89. The van der Waals surface area contributed by atoms with Crippen LogP contribution in [0.5, 0.6) is 11.5 Å². The molecule has 0 bridgehead atoms. The number of hydrogen-bond acceptors (Lipinski definition) is 6. The summed E-state index contributed by atoms with van der Waals surface area (Å²) in [5.74, 6) is -0.187. The molecule has 0 spiro atoms. The van der Waals surface area contributed by atoms with E-state index in [1.165, 1.54) is 32.4 Å². The normalized spacial score (nSPS) is 15.6. The monoisotopic (exact) mass is 481 g/mol. The third-order valence-electron chi connectivity index (χ3n) is 4.96. The van der Waals surface area contributed by atoms with Crippen LogP contribution in [0.25, 0.3) is 0 Å². The number of hydrogen-bond donors (Lipinski definition) is 2. The van der Waals surface area contributed by atoms with E-state index in [1.54, 1.807) is 26.0 Å². The Morgan fingerprint density at radius 1 is 1.31 bits per heavy atom. The second kappa shape index (κ2) is 9.35. The molecular formula is C21H24ClN3O6S. The fourth-order valence-corrected chi connectivity index (χ4v) is 4.77. The van der Waals surface area contributed by atoms with Gasteiger partial charge in [0.05, 0.1) is 29.9 Å². The molecule has 2 aromatic carbocycles. The molecule has 1 aliphatic rings. The first-order chi connectivity index (χ1) is 15.1. The molecule has 9 nitrogen and oxygen atoms in total. The van der Waals surface area contributed by atoms with Crippen molar-refractivity contribution >= 4 is 44.8 Å². The van der Waals surface area contributed by atoms with E-state index in [0.717, 1.165) is 4.31 Å². The summed E-state index contributed by atoms with van der Waals surface area (Å²) in [7, 11) is -1.28. The zero-order chi connectivity index (χ0) is 23.6. The van der Waals surface area contributed by atoms with Crippen LogP contribution in [-0.2, 0) is 19.6 Å². The van der Waals surface area contributed by atoms with Crippen LogP contribution in [0.15, 0.2) is 35.2 Å². The molecule has 1 aliphatic heterocycles. The van der Waals surface area contributed by atoms with Gasteiger partial charge in [-0.3, -0.25) is 9.59 Å². The van der Waals surface area contributed by atoms with Crippen LogP contribution in [0.4, 0.5) is 11.4 Å². The Kier molecular flexibility index (Phi) is 6.97. The molecule has 172 valence electrons. The first kappa shape index (κ1) is 23.8. The molecule has 0 radical (unpaired) electrons. The SMILES string of the molecule is CC[C@@H]1Oc2cc(S(=O)(=O)N(C)CC(=O)Nc3cc(Cl)ccc3OC)c(C)cc2NC1=O. The predicted octanol–water partition coefficient (Wildman–Crippen LogP) is 3.03. The van der Waals surface area contributed by atoms with E-state index >= 15 is 0 Å². The maximum atomic E-state index is 13.2. The fraction of sp³-hybridized carbons (Fsp3) is 0.333. The van der Waals surface area contributed by atoms with Gasteiger partial charge in [0, 0.05) is 18.1 Å². The molecule has 11 heteroatoms. The summed E-state index contributed by atoms with van der Waals surface area (Å²) in [6.45, 7) is 2.96. The van der Waals surface area contributed by atoms with Crippen LogP contribution in [0.2, 0.25) is 5.02 Å². The van der Waals surface area contributed by atoms with Crippen molar-refractivity contribution in [1.29, 1.82) is 0 Å². The van der Waals surface area contributed by atoms with Gasteiger partial charge in [0.2, 0.25) is 15.9 Å². The number of nitrogens with zero attached hydrogens (tertiary/aromatic N) is 1. The van der Waals surface area contributed by atoms with E-state index in [9.17, 15) is 18.0 Å². The second-order valence-electron chi connectivity index (χ2n) is 7.27. The van der Waals surface area contributed by atoms with Gasteiger partial charge < -0.3 is 20.1 Å². The number of aryl methyl sites for hydroxylation is 1. The number of methoxy groups -OCH3 is 1. The smallest absolute Gasteiger partial charge is 0.265 e. The van der Waals surface area contributed by atoms with Crippen molar-refractivity contribution in [3.63, 3.8) is 0 Å². The lowest BCUT2D eigenvalue weighted by Crippen LogP contribution is -2.37. The minimum Gasteiger partial charge on any atom is -0.495 e. The van der Waals surface area contributed by atoms with Gasteiger partial charge in [-0.25, -0.2) is 8.42 Å². The quantitative estimate of drug-likeness (QED) is 0.628. The molecule has 2 N–H and O–H groups in total. The largest absolute Gasteiger partial charge is 0.495 e. The number of halogens is 1. The van der Waals surface area contributed by atoms with Crippen LogP contribution in [0, 0.1) is 6.92 Å². The molecule has 0 saturated carbocycles. The van der Waals surface area contributed by atoms with E-state index in [-0.39, 0.29) is 16.6 Å². The average Bonchev–Trinajstić information content (AvgIpc) is 2.72. The van der Waals surface area contributed by atoms with E-state index in [4.69, 9.17) is 21.1 Å². The molecule has 0 aliphatic carbocycles. The summed E-state index contributed by atoms with van der Waals surface area (Å²) in [6.07, 6.45) is -0.259. The molecule has 0 unspecified atom stereocenters. The number of fused-ring (bicyclic) bond motifs is 1. The van der Waals surface area contributed by atoms with Crippen LogP contribution >= 0.6 is 11.6 Å². The zero-order valence-electron chi connectivity index (χ0n) is 18.1. The number of carbonyl (C=O) groups is 2. The first-order valence-corrected chi connectivity index (χ1v) is 11.6. The Morgan fingerprint density at radius 3 is 2.69 bits per heavy atom. The number of anilines is 2. The van der Waals surface area contributed by atoms with E-state index in [0.29, 0.717) is 34.1 Å². The standard InChI is InChI=1S/C21H24ClN3O6S/c1-5-16-21(27)24-14-8-12(2)19(10-18(14)31-16)32(28,29)25(3)11-20(26)23-15-9-13(22)6-7-17(15)30-4/h6-10,16H,5,11H2,1-4H3,(H,23,26)(H,24,27)/t16-/m0/s1. The number of nitrogens with one attached hydrogen (secondary N) is 2. The molecule has 1 atom stereocenters. The zero-order valence-corrected chi connectivity index (χ0v) is 19.6. The van der Waals surface area contributed by atoms with Gasteiger partial charge in [0.15, 0.2) is 6.10 Å². The highest BCUT2D eigenvalue weighted by atomic mass is 35.5. The summed E-state index contributed by atoms with van der Waals surface area (Å²) in [5.41, 5.74) is 1.14. The first-order valence-electron chi connectivity index (χ1n) is 9.78. The minimum absolute atomic E-state index is 0.0158. The highest BCUT2D eigenvalue weighted by Gasteiger charge is 2.31. The number of ether oxygens (including phenoxy) is 2. The number of sulfonamides is 1. The minimum atomic E-state index is -4.03. The molecule has 0 fully saturated rings. The topological polar surface area (TPSA) is 114 Å². The summed E-state index contributed by atoms with van der Waals surface area (Å²) < 4.78 is 38.1. The maximum Gasteiger partial charge on any atom is 0.265 e. The van der Waals surface area contributed by atoms with Gasteiger partial charge in [-0.15, -0.1) is 0 Å². The van der Waals surface area contributed by atoms with Crippen molar-refractivity contribution < 1.29 is 27.5 Å². The van der Waals surface area contributed by atoms with Gasteiger partial charge in [-0.2, -0.15) is 4.31 Å². The fourth-order valence-electron chi connectivity index (χ4n) is 3.25. The van der Waals surface area contributed by atoms with E-state index in [1.807, 2.05) is 0 Å². The van der Waals surface area contributed by atoms with Crippen LogP contribution in [-0.4, -0.2) is 51.3 Å². The van der Waals surface area contributed by atoms with Crippen molar-refractivity contribution in [2.24, 2.45) is 0 Å². The third-order valence-corrected chi connectivity index (χ3v) is 7.14. The number of rotatable bonds is 7. The average molecular weight is 482 g/mol. The maximum absolute atomic E-state index is 13.2. The molecular weight excluding hydrogens is 458 g/mol. The van der Waals surface area contributed by atoms with Crippen molar-refractivity contribution in [2.45, 2.75) is 31.3 Å². The summed E-state index contributed by atoms with van der Waals surface area (Å²) in [6, 6.07) is 7.62. The lowest BCUT2D eigenvalue weighted by Gasteiger charge is -2.27. The summed E-state index contributed by atoms with van der Waals surface area (Å²) in [4.78, 5) is 24.5. The van der Waals surface area contributed by atoms with Crippen LogP contribution in [0.1, 0.15) is 18.9 Å². The van der Waals surface area contributed by atoms with Crippen molar-refractivity contribution in [3.8, 4) is 11.5 Å². The second-order valence-corrected chi connectivity index (χ2v) is 9.72. The molecule has 0 saturated heterocycles. The molecule has 3 rings (SSSR count). The van der Waals surface area contributed by atoms with Gasteiger partial charge in [0.25, 0.3) is 5.91 Å². The number of benzene rings is 2. The van der Waals surface area contributed by atoms with E-state index in [2.05, 4.69) is 10.6 Å². The Morgan fingerprint density at radius 2 is 2.03 bits per heavy atom. The van der Waals surface area contributed by atoms with Gasteiger partial charge in [0.1, 0.15) is 11.5 Å². The third kappa shape index (κ3) is 4.82. The highest BCUT2D eigenvalue weighted by Crippen LogP contribution is 2.35. The van der Waals surface area contributed by atoms with Gasteiger partial charge in [-0.1, -0.05) is 18.5 Å². The number of likely N-dealkylation sites (N-methyl/N-ethyl adjacent to an activating group) is 1. The number of amides is 2. The Balaban J connectivity index is 1.81. The van der Waals surface area contributed by atoms with Gasteiger partial charge in [-0.05, 0) is 43.2 Å². The summed E-state index contributed by atoms with van der Waals surface area (Å²) >= 11 is 5.97. The Bertz CT molecular complexity index is 1170. The Labute approximate surface area is 191 Å². The predicted molar refractivity (Wildman–Crippen MR) is 121 cm³/mol. The number of carbonyl (C=O) groups excluding carboxylic acids is 2. The van der Waals surface area contributed by atoms with Crippen molar-refractivity contribution in [2.75, 3.05) is 31.3 Å². The van der Waals surface area contributed by atoms with Crippen molar-refractivity contribution in [1.82, 2.24) is 4.31 Å². The van der Waals surface area contributed by atoms with E-state index < -0.39 is 28.6 Å². The van der Waals surface area contributed by atoms with Crippen LogP contribution < -0.4 is 20.1 Å². The summed E-state index contributed by atoms with van der Waals surface area (Å²) in [5, 5.41) is 5.73. The molecule has 0 aromatic heterocycles. The Hall–Kier alpha value is -2.82. The molecule has 2 amide bonds.